The van der Waals surface area contributed by atoms with Crippen LogP contribution in [0.3, 0.4) is 0 Å². The van der Waals surface area contributed by atoms with E-state index in [1.165, 1.54) is 35.7 Å². The van der Waals surface area contributed by atoms with Crippen LogP contribution in [0.15, 0.2) is 103 Å². The van der Waals surface area contributed by atoms with E-state index >= 15 is 0 Å². The molecule has 0 radical (unpaired) electrons. The molecule has 1 unspecified atom stereocenters. The van der Waals surface area contributed by atoms with Crippen molar-refractivity contribution in [3.05, 3.63) is 126 Å². The van der Waals surface area contributed by atoms with Gasteiger partial charge in [-0.05, 0) is 104 Å². The monoisotopic (exact) mass is 726 g/mol. The number of rotatable bonds is 14. The van der Waals surface area contributed by atoms with E-state index in [0.29, 0.717) is 39.2 Å². The third-order valence-corrected chi connectivity index (χ3v) is 10.3. The summed E-state index contributed by atoms with van der Waals surface area (Å²) in [6, 6.07) is 27.6. The first-order chi connectivity index (χ1) is 24.8. The van der Waals surface area contributed by atoms with E-state index < -0.39 is 39.2 Å². The molecule has 1 aromatic heterocycles. The molecule has 12 heteroatoms. The molecule has 272 valence electrons. The van der Waals surface area contributed by atoms with Crippen molar-refractivity contribution in [3.8, 4) is 17.4 Å². The summed E-state index contributed by atoms with van der Waals surface area (Å²) >= 11 is 0. The minimum atomic E-state index is -4.38. The molecule has 0 fully saturated rings. The smallest absolute Gasteiger partial charge is 0.337 e. The minimum Gasteiger partial charge on any atom is -0.497 e. The topological polar surface area (TPSA) is 131 Å². The molecule has 0 aliphatic heterocycles. The summed E-state index contributed by atoms with van der Waals surface area (Å²) in [7, 11) is 0.0455. The molecule has 52 heavy (non-hydrogen) atoms. The first-order valence-corrected chi connectivity index (χ1v) is 18.0. The Labute approximate surface area is 304 Å². The lowest BCUT2D eigenvalue weighted by Crippen LogP contribution is -2.36. The summed E-state index contributed by atoms with van der Waals surface area (Å²) < 4.78 is 58.4. The van der Waals surface area contributed by atoms with Crippen LogP contribution in [0.1, 0.15) is 59.5 Å². The maximum atomic E-state index is 15.0. The molecule has 0 amide bonds. The maximum absolute atomic E-state index is 15.0. The van der Waals surface area contributed by atoms with Crippen LogP contribution >= 0.6 is 0 Å². The Morgan fingerprint density at radius 3 is 1.98 bits per heavy atom. The third kappa shape index (κ3) is 9.18. The summed E-state index contributed by atoms with van der Waals surface area (Å²) in [6.45, 7) is 5.35. The highest BCUT2D eigenvalue weighted by atomic mass is 32.2. The molecule has 1 atom stereocenters. The van der Waals surface area contributed by atoms with E-state index in [1.54, 1.807) is 89.7 Å². The number of sulfonamides is 1. The van der Waals surface area contributed by atoms with Crippen molar-refractivity contribution >= 4 is 38.4 Å². The zero-order valence-electron chi connectivity index (χ0n) is 30.0. The van der Waals surface area contributed by atoms with Crippen LogP contribution in [-0.4, -0.2) is 52.3 Å². The summed E-state index contributed by atoms with van der Waals surface area (Å²) in [5, 5.41) is 0.00682. The van der Waals surface area contributed by atoms with Crippen LogP contribution in [0.5, 0.6) is 17.4 Å². The molecule has 0 aliphatic rings. The lowest BCUT2D eigenvalue weighted by molar-refractivity contribution is -0.154. The Kier molecular flexibility index (Phi) is 11.7. The Hall–Kier alpha value is -5.62. The maximum Gasteiger partial charge on any atom is 0.337 e. The van der Waals surface area contributed by atoms with E-state index in [9.17, 15) is 18.0 Å². The van der Waals surface area contributed by atoms with E-state index in [0.717, 1.165) is 11.3 Å². The normalized spacial score (nSPS) is 12.1. The number of benzene rings is 4. The average molecular weight is 727 g/mol. The van der Waals surface area contributed by atoms with Gasteiger partial charge in [0.25, 0.3) is 0 Å². The minimum absolute atomic E-state index is 0.0607. The Bertz CT molecular complexity index is 2110. The molecular formula is C40H42N2O9S. The van der Waals surface area contributed by atoms with Gasteiger partial charge in [-0.2, -0.15) is 0 Å². The summed E-state index contributed by atoms with van der Waals surface area (Å²) in [4.78, 5) is 29.9. The van der Waals surface area contributed by atoms with E-state index in [2.05, 4.69) is 4.98 Å². The van der Waals surface area contributed by atoms with E-state index in [-0.39, 0.29) is 18.7 Å². The predicted molar refractivity (Wildman–Crippen MR) is 198 cm³/mol. The van der Waals surface area contributed by atoms with Gasteiger partial charge in [-0.3, -0.25) is 9.10 Å². The van der Waals surface area contributed by atoms with Gasteiger partial charge in [0.15, 0.2) is 0 Å². The van der Waals surface area contributed by atoms with Gasteiger partial charge in [0.05, 0.1) is 45.5 Å². The van der Waals surface area contributed by atoms with Crippen LogP contribution in [0, 0.1) is 0 Å². The second kappa shape index (κ2) is 16.2. The second-order valence-electron chi connectivity index (χ2n) is 13.0. The van der Waals surface area contributed by atoms with Gasteiger partial charge in [0.1, 0.15) is 29.0 Å². The SMILES string of the molecule is COC(=O)c1ccc(C(CC(=O)OC(C)(C)C)S(=O)(=O)N(Cc2ccc(OC)cc2)c2ccc3c(OCc4ccc(OC)cc4)nccc3c2)cc1. The molecule has 0 saturated carbocycles. The van der Waals surface area contributed by atoms with Crippen molar-refractivity contribution in [1.82, 2.24) is 4.98 Å². The quantitative estimate of drug-likeness (QED) is 0.107. The Balaban J connectivity index is 1.57. The fourth-order valence-electron chi connectivity index (χ4n) is 5.54. The van der Waals surface area contributed by atoms with Crippen molar-refractivity contribution in [3.63, 3.8) is 0 Å². The lowest BCUT2D eigenvalue weighted by Gasteiger charge is -2.30. The van der Waals surface area contributed by atoms with Crippen LogP contribution < -0.4 is 18.5 Å². The lowest BCUT2D eigenvalue weighted by atomic mass is 10.1. The first-order valence-electron chi connectivity index (χ1n) is 16.5. The molecule has 4 aromatic carbocycles. The van der Waals surface area contributed by atoms with Crippen LogP contribution in [-0.2, 0) is 37.4 Å². The fraction of sp³-hybridized carbons (Fsp3) is 0.275. The number of fused-ring (bicyclic) bond motifs is 1. The molecule has 1 heterocycles. The zero-order chi connectivity index (χ0) is 37.5. The van der Waals surface area contributed by atoms with Crippen molar-refractivity contribution in [1.29, 1.82) is 0 Å². The molecule has 0 saturated heterocycles. The first kappa shape index (κ1) is 37.6. The molecule has 11 nitrogen and oxygen atoms in total. The van der Waals surface area contributed by atoms with Crippen molar-refractivity contribution < 1.29 is 41.7 Å². The van der Waals surface area contributed by atoms with Gasteiger partial charge >= 0.3 is 11.9 Å². The number of esters is 2. The number of carbonyl (C=O) groups excluding carboxylic acids is 2. The number of ether oxygens (including phenoxy) is 5. The van der Waals surface area contributed by atoms with Gasteiger partial charge in [0.2, 0.25) is 15.9 Å². The third-order valence-electron chi connectivity index (χ3n) is 8.16. The zero-order valence-corrected chi connectivity index (χ0v) is 30.8. The largest absolute Gasteiger partial charge is 0.497 e. The number of nitrogens with zero attached hydrogens (tertiary/aromatic N) is 2. The van der Waals surface area contributed by atoms with Gasteiger partial charge in [-0.15, -0.1) is 0 Å². The van der Waals surface area contributed by atoms with Crippen LogP contribution in [0.2, 0.25) is 0 Å². The van der Waals surface area contributed by atoms with Crippen molar-refractivity contribution in [2.45, 2.75) is 51.2 Å². The van der Waals surface area contributed by atoms with Gasteiger partial charge < -0.3 is 23.7 Å². The average Bonchev–Trinajstić information content (AvgIpc) is 3.14. The molecule has 5 aromatic rings. The molecule has 0 aliphatic carbocycles. The number of pyridine rings is 1. The highest BCUT2D eigenvalue weighted by Gasteiger charge is 2.37. The summed E-state index contributed by atoms with van der Waals surface area (Å²) in [5.41, 5.74) is 1.65. The fourth-order valence-corrected chi connectivity index (χ4v) is 7.43. The number of methoxy groups -OCH3 is 3. The molecule has 0 spiro atoms. The van der Waals surface area contributed by atoms with E-state index in [4.69, 9.17) is 23.7 Å². The van der Waals surface area contributed by atoms with Gasteiger partial charge in [-0.25, -0.2) is 18.2 Å². The number of aromatic nitrogens is 1. The highest BCUT2D eigenvalue weighted by molar-refractivity contribution is 7.93. The van der Waals surface area contributed by atoms with Crippen molar-refractivity contribution in [2.75, 3.05) is 25.6 Å². The molecule has 0 bridgehead atoms. The summed E-state index contributed by atoms with van der Waals surface area (Å²) in [6.07, 6.45) is 1.13. The van der Waals surface area contributed by atoms with Crippen LogP contribution in [0.4, 0.5) is 5.69 Å². The highest BCUT2D eigenvalue weighted by Crippen LogP contribution is 2.37. The Morgan fingerprint density at radius 1 is 0.788 bits per heavy atom. The van der Waals surface area contributed by atoms with Gasteiger partial charge in [-0.1, -0.05) is 36.4 Å². The standard InChI is InChI=1S/C40H42N2O9S/c1-40(2,3)51-37(43)24-36(29-11-13-30(14-12-29)39(44)49-6)52(45,46)42(25-27-7-16-33(47-4)17-8-27)32-15-20-35-31(23-32)21-22-41-38(35)50-26-28-9-18-34(48-5)19-10-28/h7-23,36H,24-26H2,1-6H3. The number of hydrogen-bond acceptors (Lipinski definition) is 10. The molecule has 0 N–H and O–H groups in total. The number of hydrogen-bond donors (Lipinski definition) is 0. The molecular weight excluding hydrogens is 685 g/mol. The van der Waals surface area contributed by atoms with Crippen molar-refractivity contribution in [2.24, 2.45) is 0 Å². The van der Waals surface area contributed by atoms with Crippen LogP contribution in [0.25, 0.3) is 10.8 Å². The number of carbonyl (C=O) groups is 2. The summed E-state index contributed by atoms with van der Waals surface area (Å²) in [5.74, 6) is 0.480. The Morgan fingerprint density at radius 2 is 1.40 bits per heavy atom. The second-order valence-corrected chi connectivity index (χ2v) is 15.0. The van der Waals surface area contributed by atoms with E-state index in [1.807, 2.05) is 24.3 Å². The predicted octanol–water partition coefficient (Wildman–Crippen LogP) is 7.43. The number of anilines is 1. The molecule has 5 rings (SSSR count). The van der Waals surface area contributed by atoms with Gasteiger partial charge in [0, 0.05) is 11.6 Å².